The van der Waals surface area contributed by atoms with Gasteiger partial charge in [-0.1, -0.05) is 13.3 Å². The molecule has 2 rings (SSSR count). The van der Waals surface area contributed by atoms with Crippen molar-refractivity contribution in [1.29, 1.82) is 0 Å². The van der Waals surface area contributed by atoms with Crippen molar-refractivity contribution in [3.63, 3.8) is 0 Å². The lowest BCUT2D eigenvalue weighted by molar-refractivity contribution is 0.0499. The molecule has 2 aromatic carbocycles. The molecule has 0 aromatic heterocycles. The highest BCUT2D eigenvalue weighted by Crippen LogP contribution is 2.14. The summed E-state index contributed by atoms with van der Waals surface area (Å²) in [5, 5.41) is 2.76. The molecule has 25 heavy (non-hydrogen) atoms. The second-order valence-corrected chi connectivity index (χ2v) is 6.88. The van der Waals surface area contributed by atoms with E-state index in [-0.39, 0.29) is 11.9 Å². The molecular weight excluding hydrogens is 338 g/mol. The Morgan fingerprint density at radius 3 is 2.16 bits per heavy atom. The zero-order valence-corrected chi connectivity index (χ0v) is 15.1. The zero-order chi connectivity index (χ0) is 18.2. The van der Waals surface area contributed by atoms with Crippen molar-refractivity contribution in [2.45, 2.75) is 24.7 Å². The maximum atomic E-state index is 12.2. The number of esters is 1. The van der Waals surface area contributed by atoms with E-state index in [1.807, 2.05) is 6.92 Å². The molecule has 5 nitrogen and oxygen atoms in total. The van der Waals surface area contributed by atoms with Gasteiger partial charge in [-0.2, -0.15) is 0 Å². The summed E-state index contributed by atoms with van der Waals surface area (Å²) in [6.07, 6.45) is 3.39. The zero-order valence-electron chi connectivity index (χ0n) is 14.3. The van der Waals surface area contributed by atoms with Crippen LogP contribution in [0.2, 0.25) is 0 Å². The van der Waals surface area contributed by atoms with Crippen molar-refractivity contribution in [3.05, 3.63) is 59.7 Å². The fourth-order valence-corrected chi connectivity index (χ4v) is 2.60. The fourth-order valence-electron chi connectivity index (χ4n) is 2.08. The molecule has 0 aliphatic rings. The molecule has 2 aromatic rings. The van der Waals surface area contributed by atoms with Gasteiger partial charge in [-0.25, -0.2) is 4.79 Å². The molecule has 0 fully saturated rings. The van der Waals surface area contributed by atoms with Crippen LogP contribution in [0.25, 0.3) is 0 Å². The second kappa shape index (κ2) is 9.13. The normalized spacial score (nSPS) is 11.6. The number of hydrogen-bond acceptors (Lipinski definition) is 4. The van der Waals surface area contributed by atoms with Crippen LogP contribution in [0.1, 0.15) is 40.5 Å². The molecule has 1 atom stereocenters. The molecule has 132 valence electrons. The summed E-state index contributed by atoms with van der Waals surface area (Å²) in [5.41, 5.74) is 1.50. The van der Waals surface area contributed by atoms with Crippen molar-refractivity contribution in [2.75, 3.05) is 18.2 Å². The first kappa shape index (κ1) is 18.9. The number of rotatable bonds is 7. The molecule has 6 heteroatoms. The number of benzene rings is 2. The van der Waals surface area contributed by atoms with Gasteiger partial charge in [0, 0.05) is 33.2 Å². The number of carbonyl (C=O) groups excluding carboxylic acids is 2. The van der Waals surface area contributed by atoms with Gasteiger partial charge in [0.15, 0.2) is 0 Å². The highest BCUT2D eigenvalue weighted by molar-refractivity contribution is 7.84. The average molecular weight is 359 g/mol. The Hall–Kier alpha value is -2.47. The maximum Gasteiger partial charge on any atom is 0.338 e. The summed E-state index contributed by atoms with van der Waals surface area (Å²) in [7, 11) is -1.07. The van der Waals surface area contributed by atoms with E-state index < -0.39 is 10.8 Å². The van der Waals surface area contributed by atoms with E-state index in [1.165, 1.54) is 0 Å². The lowest BCUT2D eigenvalue weighted by Gasteiger charge is -2.07. The Labute approximate surface area is 149 Å². The molecule has 0 aliphatic carbocycles. The summed E-state index contributed by atoms with van der Waals surface area (Å²) >= 11 is 0. The van der Waals surface area contributed by atoms with Gasteiger partial charge in [0.2, 0.25) is 0 Å². The van der Waals surface area contributed by atoms with Crippen LogP contribution in [0, 0.1) is 0 Å². The van der Waals surface area contributed by atoms with E-state index in [1.54, 1.807) is 54.8 Å². The van der Waals surface area contributed by atoms with Crippen molar-refractivity contribution in [1.82, 2.24) is 0 Å². The van der Waals surface area contributed by atoms with Crippen LogP contribution < -0.4 is 5.32 Å². The first-order chi connectivity index (χ1) is 12.0. The van der Waals surface area contributed by atoms with Crippen LogP contribution in [0.15, 0.2) is 53.4 Å². The van der Waals surface area contributed by atoms with E-state index >= 15 is 0 Å². The fraction of sp³-hybridized carbons (Fsp3) is 0.263. The minimum atomic E-state index is -1.07. The van der Waals surface area contributed by atoms with Gasteiger partial charge in [0.25, 0.3) is 5.91 Å². The molecule has 0 heterocycles. The topological polar surface area (TPSA) is 72.5 Å². The number of ether oxygens (including phenoxy) is 1. The molecule has 0 bridgehead atoms. The third kappa shape index (κ3) is 5.53. The van der Waals surface area contributed by atoms with E-state index in [0.717, 1.165) is 12.8 Å². The van der Waals surface area contributed by atoms with Crippen LogP contribution in [0.4, 0.5) is 5.69 Å². The summed E-state index contributed by atoms with van der Waals surface area (Å²) in [6, 6.07) is 13.1. The van der Waals surface area contributed by atoms with Crippen molar-refractivity contribution < 1.29 is 18.5 Å². The first-order valence-corrected chi connectivity index (χ1v) is 9.59. The molecule has 0 spiro atoms. The predicted octanol–water partition coefficient (Wildman–Crippen LogP) is 3.63. The number of amides is 1. The van der Waals surface area contributed by atoms with Crippen molar-refractivity contribution >= 4 is 28.4 Å². The minimum absolute atomic E-state index is 0.272. The van der Waals surface area contributed by atoms with Crippen LogP contribution in [0.3, 0.4) is 0 Å². The van der Waals surface area contributed by atoms with Gasteiger partial charge in [-0.05, 0) is 55.0 Å². The maximum absolute atomic E-state index is 12.2. The van der Waals surface area contributed by atoms with Crippen LogP contribution in [0.5, 0.6) is 0 Å². The minimum Gasteiger partial charge on any atom is -0.462 e. The van der Waals surface area contributed by atoms with Crippen LogP contribution in [-0.2, 0) is 15.5 Å². The average Bonchev–Trinajstić information content (AvgIpc) is 2.62. The number of anilines is 1. The Balaban J connectivity index is 1.97. The molecular formula is C19H21NO4S. The first-order valence-electron chi connectivity index (χ1n) is 8.03. The van der Waals surface area contributed by atoms with E-state index in [0.29, 0.717) is 28.3 Å². The highest BCUT2D eigenvalue weighted by Gasteiger charge is 2.09. The molecule has 0 aliphatic heterocycles. The quantitative estimate of drug-likeness (QED) is 0.605. The number of nitrogens with one attached hydrogen (secondary N) is 1. The SMILES string of the molecule is CCCCOC(=O)c1ccc(NC(=O)c2ccc(S(C)=O)cc2)cc1. The lowest BCUT2D eigenvalue weighted by atomic mass is 10.2. The Morgan fingerprint density at radius 2 is 1.60 bits per heavy atom. The van der Waals surface area contributed by atoms with Gasteiger partial charge in [0.1, 0.15) is 0 Å². The number of hydrogen-bond donors (Lipinski definition) is 1. The van der Waals surface area contributed by atoms with E-state index in [4.69, 9.17) is 4.74 Å². The van der Waals surface area contributed by atoms with E-state index in [2.05, 4.69) is 5.32 Å². The summed E-state index contributed by atoms with van der Waals surface area (Å²) in [6.45, 7) is 2.44. The molecule has 1 amide bonds. The third-order valence-electron chi connectivity index (χ3n) is 3.56. The molecule has 1 N–H and O–H groups in total. The predicted molar refractivity (Wildman–Crippen MR) is 98.4 cm³/mol. The third-order valence-corrected chi connectivity index (χ3v) is 4.49. The smallest absolute Gasteiger partial charge is 0.338 e. The largest absolute Gasteiger partial charge is 0.462 e. The molecule has 0 saturated carbocycles. The van der Waals surface area contributed by atoms with Crippen molar-refractivity contribution in [2.24, 2.45) is 0 Å². The Kier molecular flexibility index (Phi) is 6.89. The van der Waals surface area contributed by atoms with Gasteiger partial charge >= 0.3 is 5.97 Å². The molecule has 0 saturated heterocycles. The van der Waals surface area contributed by atoms with Crippen LogP contribution >= 0.6 is 0 Å². The van der Waals surface area contributed by atoms with E-state index in [9.17, 15) is 13.8 Å². The summed E-state index contributed by atoms with van der Waals surface area (Å²) in [4.78, 5) is 24.7. The lowest BCUT2D eigenvalue weighted by Crippen LogP contribution is -2.12. The van der Waals surface area contributed by atoms with Gasteiger partial charge in [0.05, 0.1) is 12.2 Å². The Morgan fingerprint density at radius 1 is 1.00 bits per heavy atom. The van der Waals surface area contributed by atoms with Gasteiger partial charge in [-0.15, -0.1) is 0 Å². The van der Waals surface area contributed by atoms with Gasteiger partial charge < -0.3 is 10.1 Å². The second-order valence-electron chi connectivity index (χ2n) is 5.50. The molecule has 1 unspecified atom stereocenters. The summed E-state index contributed by atoms with van der Waals surface area (Å²) < 4.78 is 16.5. The highest BCUT2D eigenvalue weighted by atomic mass is 32.2. The molecule has 0 radical (unpaired) electrons. The summed E-state index contributed by atoms with van der Waals surface area (Å²) in [5.74, 6) is -0.638. The monoisotopic (exact) mass is 359 g/mol. The van der Waals surface area contributed by atoms with Gasteiger partial charge in [-0.3, -0.25) is 9.00 Å². The number of unbranched alkanes of at least 4 members (excludes halogenated alkanes) is 1. The Bertz CT molecular complexity index is 754. The number of carbonyl (C=O) groups is 2. The standard InChI is InChI=1S/C19H21NO4S/c1-3-4-13-24-19(22)15-5-9-16(10-6-15)20-18(21)14-7-11-17(12-8-14)25(2)23/h5-12H,3-4,13H2,1-2H3,(H,20,21). The van der Waals surface area contributed by atoms with Crippen LogP contribution in [-0.4, -0.2) is 28.9 Å². The van der Waals surface area contributed by atoms with Crippen molar-refractivity contribution in [3.8, 4) is 0 Å².